The molecule has 13 atom stereocenters. The van der Waals surface area contributed by atoms with Gasteiger partial charge < -0.3 is 20.4 Å². The SMILES string of the molecule is CCC(C(C)C)C(O)C(O)[C@@H](C)[C@H]1CC[C@H]2[C@@H]3CC(=O)C4CC(O)C(O)C[C@]4(C)[C@H]3CC[C@]12C. The highest BCUT2D eigenvalue weighted by atomic mass is 16.3. The van der Waals surface area contributed by atoms with Crippen LogP contribution in [-0.2, 0) is 4.79 Å². The van der Waals surface area contributed by atoms with E-state index in [0.717, 1.165) is 32.1 Å². The molecule has 0 aromatic rings. The Balaban J connectivity index is 1.55. The van der Waals surface area contributed by atoms with Crippen molar-refractivity contribution in [3.63, 3.8) is 0 Å². The van der Waals surface area contributed by atoms with E-state index in [1.165, 1.54) is 0 Å². The Kier molecular flexibility index (Phi) is 7.37. The van der Waals surface area contributed by atoms with E-state index in [1.54, 1.807) is 0 Å². The van der Waals surface area contributed by atoms with Crippen LogP contribution in [0.4, 0.5) is 0 Å². The van der Waals surface area contributed by atoms with Gasteiger partial charge >= 0.3 is 0 Å². The van der Waals surface area contributed by atoms with Gasteiger partial charge in [-0.1, -0.05) is 48.0 Å². The predicted octanol–water partition coefficient (Wildman–Crippen LogP) is 4.20. The molecule has 34 heavy (non-hydrogen) atoms. The normalized spacial score (nSPS) is 48.0. The average molecular weight is 479 g/mol. The number of Topliss-reactive ketones (excluding diaryl/α,β-unsaturated/α-hetero) is 1. The Morgan fingerprint density at radius 1 is 0.941 bits per heavy atom. The number of aliphatic hydroxyl groups is 4. The molecule has 4 aliphatic carbocycles. The van der Waals surface area contributed by atoms with Crippen molar-refractivity contribution in [1.29, 1.82) is 0 Å². The average Bonchev–Trinajstić information content (AvgIpc) is 3.12. The Bertz CT molecular complexity index is 753. The van der Waals surface area contributed by atoms with Crippen LogP contribution in [0.2, 0.25) is 0 Å². The van der Waals surface area contributed by atoms with Crippen LogP contribution in [0.25, 0.3) is 0 Å². The second-order valence-corrected chi connectivity index (χ2v) is 13.6. The van der Waals surface area contributed by atoms with E-state index >= 15 is 0 Å². The van der Waals surface area contributed by atoms with Crippen molar-refractivity contribution in [1.82, 2.24) is 0 Å². The van der Waals surface area contributed by atoms with Gasteiger partial charge in [0.1, 0.15) is 5.78 Å². The molecule has 4 saturated carbocycles. The van der Waals surface area contributed by atoms with E-state index in [1.807, 2.05) is 0 Å². The van der Waals surface area contributed by atoms with Crippen LogP contribution in [0.15, 0.2) is 0 Å². The number of ketones is 1. The molecular formula is C29H50O5. The summed E-state index contributed by atoms with van der Waals surface area (Å²) < 4.78 is 0. The Hall–Kier alpha value is -0.490. The number of aliphatic hydroxyl groups excluding tert-OH is 4. The van der Waals surface area contributed by atoms with E-state index in [-0.39, 0.29) is 34.4 Å². The highest BCUT2D eigenvalue weighted by molar-refractivity contribution is 5.83. The summed E-state index contributed by atoms with van der Waals surface area (Å²) in [6.45, 7) is 13.1. The molecule has 6 unspecified atom stereocenters. The van der Waals surface area contributed by atoms with Crippen LogP contribution in [0, 0.1) is 58.2 Å². The van der Waals surface area contributed by atoms with Gasteiger partial charge in [0.2, 0.25) is 0 Å². The van der Waals surface area contributed by atoms with Crippen LogP contribution in [0.5, 0.6) is 0 Å². The molecule has 0 aromatic carbocycles. The lowest BCUT2D eigenvalue weighted by Gasteiger charge is -2.61. The first-order chi connectivity index (χ1) is 15.9. The molecule has 4 fully saturated rings. The van der Waals surface area contributed by atoms with Crippen molar-refractivity contribution in [2.45, 2.75) is 117 Å². The van der Waals surface area contributed by atoms with Gasteiger partial charge in [-0.05, 0) is 90.8 Å². The van der Waals surface area contributed by atoms with Gasteiger partial charge in [0.25, 0.3) is 0 Å². The molecular weight excluding hydrogens is 428 g/mol. The lowest BCUT2D eigenvalue weighted by atomic mass is 9.44. The van der Waals surface area contributed by atoms with Crippen molar-refractivity contribution in [2.24, 2.45) is 58.2 Å². The number of hydrogen-bond acceptors (Lipinski definition) is 5. The summed E-state index contributed by atoms with van der Waals surface area (Å²) in [5.74, 6) is 2.12. The highest BCUT2D eigenvalue weighted by Crippen LogP contribution is 2.67. The second kappa shape index (κ2) is 9.43. The number of hydrogen-bond donors (Lipinski definition) is 4. The first kappa shape index (κ1) is 26.6. The molecule has 0 aliphatic heterocycles. The molecule has 5 heteroatoms. The Labute approximate surface area is 206 Å². The topological polar surface area (TPSA) is 98.0 Å². The highest BCUT2D eigenvalue weighted by Gasteiger charge is 2.63. The molecule has 5 nitrogen and oxygen atoms in total. The van der Waals surface area contributed by atoms with Crippen LogP contribution in [0.3, 0.4) is 0 Å². The van der Waals surface area contributed by atoms with Gasteiger partial charge in [0, 0.05) is 12.3 Å². The first-order valence-corrected chi connectivity index (χ1v) is 14.1. The maximum Gasteiger partial charge on any atom is 0.136 e. The van der Waals surface area contributed by atoms with Gasteiger partial charge in [-0.15, -0.1) is 0 Å². The molecule has 0 spiro atoms. The summed E-state index contributed by atoms with van der Waals surface area (Å²) in [5, 5.41) is 43.1. The fourth-order valence-electron chi connectivity index (χ4n) is 9.89. The molecule has 0 bridgehead atoms. The van der Waals surface area contributed by atoms with E-state index in [4.69, 9.17) is 0 Å². The lowest BCUT2D eigenvalue weighted by Crippen LogP contribution is -2.59. The van der Waals surface area contributed by atoms with Crippen LogP contribution in [-0.4, -0.2) is 50.6 Å². The fourth-order valence-corrected chi connectivity index (χ4v) is 9.89. The second-order valence-electron chi connectivity index (χ2n) is 13.6. The quantitative estimate of drug-likeness (QED) is 0.459. The van der Waals surface area contributed by atoms with E-state index < -0.39 is 24.4 Å². The minimum Gasteiger partial charge on any atom is -0.390 e. The van der Waals surface area contributed by atoms with E-state index in [2.05, 4.69) is 41.5 Å². The third-order valence-corrected chi connectivity index (χ3v) is 11.8. The maximum atomic E-state index is 13.4. The number of fused-ring (bicyclic) bond motifs is 5. The van der Waals surface area contributed by atoms with Gasteiger partial charge in [0.05, 0.1) is 24.4 Å². The monoisotopic (exact) mass is 478 g/mol. The minimum atomic E-state index is -0.783. The lowest BCUT2D eigenvalue weighted by molar-refractivity contribution is -0.175. The molecule has 4 N–H and O–H groups in total. The summed E-state index contributed by atoms with van der Waals surface area (Å²) in [7, 11) is 0. The van der Waals surface area contributed by atoms with Gasteiger partial charge in [-0.3, -0.25) is 4.79 Å². The summed E-state index contributed by atoms with van der Waals surface area (Å²) in [5.41, 5.74) is -0.165. The number of carbonyl (C=O) groups is 1. The maximum absolute atomic E-state index is 13.4. The Morgan fingerprint density at radius 2 is 1.59 bits per heavy atom. The standard InChI is InChI=1S/C29H50O5/c1-7-17(15(2)3)27(34)26(33)16(4)19-8-9-20-18-12-23(30)22-13-24(31)25(32)14-29(22,6)21(18)10-11-28(19,20)5/h15-22,24-27,31-34H,7-14H2,1-6H3/t16-,17?,18-,19+,20-,21-,22?,24?,25?,26?,27?,28+,29+/m0/s1. The summed E-state index contributed by atoms with van der Waals surface area (Å²) in [4.78, 5) is 13.4. The third-order valence-electron chi connectivity index (χ3n) is 11.8. The van der Waals surface area contributed by atoms with Crippen molar-refractivity contribution >= 4 is 5.78 Å². The Morgan fingerprint density at radius 3 is 2.21 bits per heavy atom. The zero-order valence-corrected chi connectivity index (χ0v) is 22.3. The molecule has 4 aliphatic rings. The van der Waals surface area contributed by atoms with Crippen LogP contribution < -0.4 is 0 Å². The predicted molar refractivity (Wildman–Crippen MR) is 133 cm³/mol. The van der Waals surface area contributed by atoms with E-state index in [0.29, 0.717) is 48.9 Å². The van der Waals surface area contributed by atoms with Crippen molar-refractivity contribution in [2.75, 3.05) is 0 Å². The molecule has 196 valence electrons. The van der Waals surface area contributed by atoms with Crippen molar-refractivity contribution in [3.05, 3.63) is 0 Å². The summed E-state index contributed by atoms with van der Waals surface area (Å²) in [6, 6.07) is 0. The summed E-state index contributed by atoms with van der Waals surface area (Å²) in [6.07, 6.45) is 3.69. The molecule has 0 saturated heterocycles. The number of rotatable bonds is 6. The van der Waals surface area contributed by atoms with Crippen molar-refractivity contribution in [3.8, 4) is 0 Å². The zero-order valence-electron chi connectivity index (χ0n) is 22.3. The fraction of sp³-hybridized carbons (Fsp3) is 0.966. The summed E-state index contributed by atoms with van der Waals surface area (Å²) >= 11 is 0. The largest absolute Gasteiger partial charge is 0.390 e. The third kappa shape index (κ3) is 4.01. The minimum absolute atomic E-state index is 0.0172. The van der Waals surface area contributed by atoms with Crippen LogP contribution >= 0.6 is 0 Å². The molecule has 0 radical (unpaired) electrons. The van der Waals surface area contributed by atoms with Gasteiger partial charge in [-0.25, -0.2) is 0 Å². The molecule has 4 rings (SSSR count). The zero-order chi connectivity index (χ0) is 25.2. The van der Waals surface area contributed by atoms with Crippen LogP contribution in [0.1, 0.15) is 92.9 Å². The molecule has 0 aromatic heterocycles. The smallest absolute Gasteiger partial charge is 0.136 e. The number of carbonyl (C=O) groups excluding carboxylic acids is 1. The first-order valence-electron chi connectivity index (χ1n) is 14.1. The van der Waals surface area contributed by atoms with Gasteiger partial charge in [-0.2, -0.15) is 0 Å². The van der Waals surface area contributed by atoms with Gasteiger partial charge in [0.15, 0.2) is 0 Å². The van der Waals surface area contributed by atoms with Crippen molar-refractivity contribution < 1.29 is 25.2 Å². The molecule has 0 heterocycles. The molecule has 0 amide bonds. The van der Waals surface area contributed by atoms with E-state index in [9.17, 15) is 25.2 Å².